The predicted octanol–water partition coefficient (Wildman–Crippen LogP) is 3.56. The van der Waals surface area contributed by atoms with Gasteiger partial charge in [-0.3, -0.25) is 0 Å². The van der Waals surface area contributed by atoms with Gasteiger partial charge in [0.15, 0.2) is 0 Å². The van der Waals surface area contributed by atoms with Crippen LogP contribution in [0.4, 0.5) is 0 Å². The molecular weight excluding hydrogens is 214 g/mol. The van der Waals surface area contributed by atoms with E-state index in [-0.39, 0.29) is 12.0 Å². The van der Waals surface area contributed by atoms with Crippen LogP contribution in [0.25, 0.3) is 0 Å². The Balaban J connectivity index is 2.40. The molecule has 1 heterocycles. The monoisotopic (exact) mass is 237 g/mol. The van der Waals surface area contributed by atoms with Crippen molar-refractivity contribution in [2.45, 2.75) is 51.5 Å². The fourth-order valence-electron chi connectivity index (χ4n) is 2.02. The van der Waals surface area contributed by atoms with Crippen LogP contribution in [-0.4, -0.2) is 17.6 Å². The van der Waals surface area contributed by atoms with Crippen molar-refractivity contribution in [1.82, 2.24) is 4.57 Å². The Kier molecular flexibility index (Phi) is 6.45. The number of methoxy groups -OCH3 is 1. The second-order valence-electron chi connectivity index (χ2n) is 4.37. The first-order valence-corrected chi connectivity index (χ1v) is 6.50. The molecule has 1 aromatic rings. The van der Waals surface area contributed by atoms with Gasteiger partial charge in [-0.1, -0.05) is 39.0 Å². The van der Waals surface area contributed by atoms with Crippen molar-refractivity contribution in [3.8, 4) is 0 Å². The van der Waals surface area contributed by atoms with Crippen LogP contribution in [0.15, 0.2) is 24.5 Å². The highest BCUT2D eigenvalue weighted by Crippen LogP contribution is 2.18. The quantitative estimate of drug-likeness (QED) is 0.511. The maximum atomic E-state index is 11.7. The van der Waals surface area contributed by atoms with Gasteiger partial charge in [0.1, 0.15) is 6.04 Å². The lowest BCUT2D eigenvalue weighted by molar-refractivity contribution is -0.144. The standard InChI is InChI=1S/C14H23NO2/c1-3-4-5-6-7-10-13(14(16)17-2)15-11-8-9-12-15/h8-9,11-13H,3-7,10H2,1-2H3. The summed E-state index contributed by atoms with van der Waals surface area (Å²) >= 11 is 0. The van der Waals surface area contributed by atoms with Gasteiger partial charge in [0.05, 0.1) is 7.11 Å². The molecule has 1 aromatic heterocycles. The maximum absolute atomic E-state index is 11.7. The van der Waals surface area contributed by atoms with Gasteiger partial charge < -0.3 is 9.30 Å². The second-order valence-corrected chi connectivity index (χ2v) is 4.37. The van der Waals surface area contributed by atoms with Gasteiger partial charge in [-0.15, -0.1) is 0 Å². The summed E-state index contributed by atoms with van der Waals surface area (Å²) in [5, 5.41) is 0. The van der Waals surface area contributed by atoms with Gasteiger partial charge in [-0.2, -0.15) is 0 Å². The summed E-state index contributed by atoms with van der Waals surface area (Å²) in [5.41, 5.74) is 0. The molecule has 1 unspecified atom stereocenters. The molecule has 0 spiro atoms. The molecule has 0 aliphatic carbocycles. The summed E-state index contributed by atoms with van der Waals surface area (Å²) in [7, 11) is 1.45. The van der Waals surface area contributed by atoms with Crippen molar-refractivity contribution in [3.63, 3.8) is 0 Å². The van der Waals surface area contributed by atoms with Gasteiger partial charge in [-0.05, 0) is 18.6 Å². The summed E-state index contributed by atoms with van der Waals surface area (Å²) in [4.78, 5) is 11.7. The number of carbonyl (C=O) groups is 1. The highest BCUT2D eigenvalue weighted by molar-refractivity contribution is 5.74. The van der Waals surface area contributed by atoms with Crippen LogP contribution in [0.3, 0.4) is 0 Å². The van der Waals surface area contributed by atoms with E-state index in [4.69, 9.17) is 4.74 Å². The van der Waals surface area contributed by atoms with Gasteiger partial charge in [-0.25, -0.2) is 4.79 Å². The summed E-state index contributed by atoms with van der Waals surface area (Å²) in [6.07, 6.45) is 10.8. The molecule has 3 nitrogen and oxygen atoms in total. The van der Waals surface area contributed by atoms with Crippen LogP contribution in [0.5, 0.6) is 0 Å². The Bertz CT molecular complexity index is 306. The van der Waals surface area contributed by atoms with Crippen LogP contribution in [-0.2, 0) is 9.53 Å². The molecule has 0 aromatic carbocycles. The average Bonchev–Trinajstić information content (AvgIpc) is 2.86. The number of unbranched alkanes of at least 4 members (excludes halogenated alkanes) is 4. The summed E-state index contributed by atoms with van der Waals surface area (Å²) in [6.45, 7) is 2.21. The van der Waals surface area contributed by atoms with E-state index < -0.39 is 0 Å². The highest BCUT2D eigenvalue weighted by atomic mass is 16.5. The molecule has 0 saturated heterocycles. The van der Waals surface area contributed by atoms with Crippen molar-refractivity contribution in [3.05, 3.63) is 24.5 Å². The second kappa shape index (κ2) is 7.93. The minimum Gasteiger partial charge on any atom is -0.467 e. The zero-order valence-electron chi connectivity index (χ0n) is 10.9. The SMILES string of the molecule is CCCCCCCC(C(=O)OC)n1cccc1. The lowest BCUT2D eigenvalue weighted by atomic mass is 10.1. The molecule has 0 N–H and O–H groups in total. The summed E-state index contributed by atoms with van der Waals surface area (Å²) in [6, 6.07) is 3.72. The Morgan fingerprint density at radius 2 is 1.82 bits per heavy atom. The number of nitrogens with zero attached hydrogens (tertiary/aromatic N) is 1. The van der Waals surface area contributed by atoms with E-state index in [9.17, 15) is 4.79 Å². The molecule has 1 atom stereocenters. The molecule has 0 fully saturated rings. The third-order valence-corrected chi connectivity index (χ3v) is 3.04. The topological polar surface area (TPSA) is 31.2 Å². The maximum Gasteiger partial charge on any atom is 0.328 e. The van der Waals surface area contributed by atoms with E-state index in [1.807, 2.05) is 29.1 Å². The van der Waals surface area contributed by atoms with E-state index >= 15 is 0 Å². The van der Waals surface area contributed by atoms with Crippen LogP contribution in [0.2, 0.25) is 0 Å². The molecule has 0 aliphatic rings. The molecule has 0 aliphatic heterocycles. The lowest BCUT2D eigenvalue weighted by Crippen LogP contribution is -2.19. The van der Waals surface area contributed by atoms with E-state index in [0.717, 1.165) is 12.8 Å². The van der Waals surface area contributed by atoms with E-state index in [2.05, 4.69) is 6.92 Å². The molecule has 0 saturated carbocycles. The number of carbonyl (C=O) groups excluding carboxylic acids is 1. The number of hydrogen-bond acceptors (Lipinski definition) is 2. The van der Waals surface area contributed by atoms with Crippen LogP contribution >= 0.6 is 0 Å². The van der Waals surface area contributed by atoms with Gasteiger partial charge in [0.2, 0.25) is 0 Å². The molecular formula is C14H23NO2. The number of aromatic nitrogens is 1. The van der Waals surface area contributed by atoms with Crippen molar-refractivity contribution in [1.29, 1.82) is 0 Å². The van der Waals surface area contributed by atoms with Crippen molar-refractivity contribution >= 4 is 5.97 Å². The Morgan fingerprint density at radius 3 is 2.41 bits per heavy atom. The van der Waals surface area contributed by atoms with Gasteiger partial charge in [0.25, 0.3) is 0 Å². The fourth-order valence-corrected chi connectivity index (χ4v) is 2.02. The number of rotatable bonds is 8. The molecule has 96 valence electrons. The lowest BCUT2D eigenvalue weighted by Gasteiger charge is -2.16. The first-order valence-electron chi connectivity index (χ1n) is 6.50. The molecule has 1 rings (SSSR count). The fraction of sp³-hybridized carbons (Fsp3) is 0.643. The first kappa shape index (κ1) is 13.8. The number of esters is 1. The molecule has 0 amide bonds. The van der Waals surface area contributed by atoms with Gasteiger partial charge in [0, 0.05) is 12.4 Å². The third-order valence-electron chi connectivity index (χ3n) is 3.04. The molecule has 0 bridgehead atoms. The predicted molar refractivity (Wildman–Crippen MR) is 68.9 cm³/mol. The average molecular weight is 237 g/mol. The summed E-state index contributed by atoms with van der Waals surface area (Å²) in [5.74, 6) is -0.142. The Labute approximate surface area is 104 Å². The Morgan fingerprint density at radius 1 is 1.18 bits per heavy atom. The van der Waals surface area contributed by atoms with E-state index in [0.29, 0.717) is 0 Å². The first-order chi connectivity index (χ1) is 8.29. The van der Waals surface area contributed by atoms with E-state index in [1.165, 1.54) is 32.8 Å². The summed E-state index contributed by atoms with van der Waals surface area (Å²) < 4.78 is 6.79. The molecule has 0 radical (unpaired) electrons. The number of hydrogen-bond donors (Lipinski definition) is 0. The van der Waals surface area contributed by atoms with Crippen molar-refractivity contribution < 1.29 is 9.53 Å². The molecule has 17 heavy (non-hydrogen) atoms. The Hall–Kier alpha value is -1.25. The normalized spacial score (nSPS) is 12.4. The van der Waals surface area contributed by atoms with E-state index in [1.54, 1.807) is 0 Å². The van der Waals surface area contributed by atoms with Crippen molar-refractivity contribution in [2.24, 2.45) is 0 Å². The minimum absolute atomic E-state index is 0.142. The van der Waals surface area contributed by atoms with Crippen LogP contribution < -0.4 is 0 Å². The molecule has 3 heteroatoms. The number of ether oxygens (including phenoxy) is 1. The van der Waals surface area contributed by atoms with Gasteiger partial charge >= 0.3 is 5.97 Å². The van der Waals surface area contributed by atoms with Crippen LogP contribution in [0, 0.1) is 0 Å². The zero-order valence-corrected chi connectivity index (χ0v) is 10.9. The highest BCUT2D eigenvalue weighted by Gasteiger charge is 2.19. The zero-order chi connectivity index (χ0) is 12.5. The minimum atomic E-state index is -0.156. The smallest absolute Gasteiger partial charge is 0.328 e. The van der Waals surface area contributed by atoms with Crippen LogP contribution in [0.1, 0.15) is 51.5 Å². The van der Waals surface area contributed by atoms with Crippen molar-refractivity contribution in [2.75, 3.05) is 7.11 Å². The largest absolute Gasteiger partial charge is 0.467 e. The third kappa shape index (κ3) is 4.63.